The number of ether oxygens (including phenoxy) is 5. The Balaban J connectivity index is 1.25. The third-order valence-electron chi connectivity index (χ3n) is 9.78. The Bertz CT molecular complexity index is 882. The van der Waals surface area contributed by atoms with Gasteiger partial charge >= 0.3 is 17.9 Å². The predicted molar refractivity (Wildman–Crippen MR) is 141 cm³/mol. The second-order valence-corrected chi connectivity index (χ2v) is 12.7. The highest BCUT2D eigenvalue weighted by atomic mass is 16.7. The van der Waals surface area contributed by atoms with Crippen molar-refractivity contribution in [3.63, 3.8) is 0 Å². The van der Waals surface area contributed by atoms with Gasteiger partial charge in [-0.1, -0.05) is 45.4 Å². The summed E-state index contributed by atoms with van der Waals surface area (Å²) < 4.78 is 29.1. The number of rotatable bonds is 7. The van der Waals surface area contributed by atoms with Crippen LogP contribution < -0.4 is 0 Å². The first kappa shape index (κ1) is 29.7. The molecule has 226 valence electrons. The third kappa shape index (κ3) is 6.99. The quantitative estimate of drug-likeness (QED) is 0.349. The summed E-state index contributed by atoms with van der Waals surface area (Å²) in [5.41, 5.74) is 0. The molecule has 5 rings (SSSR count). The van der Waals surface area contributed by atoms with Gasteiger partial charge in [-0.25, -0.2) is 0 Å². The highest BCUT2D eigenvalue weighted by Crippen LogP contribution is 2.40. The standard InChI is InChI=1S/C30H46O10/c1-17-14-24(31)38-22-15-20(12-13-21(17)22)37-30-26(33)27(40-29(35)19-10-6-3-7-11-19)25(32)23(39-30)16-36-28(34)18-8-4-2-5-9-18/h17-23,25-27,30,32-33H,2-16H2,1H3/t17?,20?,21?,22?,23?,25-,26+,27-,30+/m0/s1. The van der Waals surface area contributed by atoms with Gasteiger partial charge in [0, 0.05) is 12.8 Å². The molecule has 5 unspecified atom stereocenters. The number of esters is 3. The van der Waals surface area contributed by atoms with Gasteiger partial charge in [0.2, 0.25) is 0 Å². The molecular formula is C30H46O10. The molecule has 3 saturated carbocycles. The van der Waals surface area contributed by atoms with Crippen LogP contribution in [0.15, 0.2) is 0 Å². The van der Waals surface area contributed by atoms with E-state index in [1.165, 1.54) is 0 Å². The van der Waals surface area contributed by atoms with Crippen molar-refractivity contribution in [2.45, 2.75) is 140 Å². The molecule has 10 heteroatoms. The lowest BCUT2D eigenvalue weighted by Crippen LogP contribution is -2.61. The highest BCUT2D eigenvalue weighted by Gasteiger charge is 2.50. The minimum atomic E-state index is -1.43. The molecule has 2 heterocycles. The van der Waals surface area contributed by atoms with Gasteiger partial charge in [0.25, 0.3) is 0 Å². The third-order valence-corrected chi connectivity index (χ3v) is 9.78. The Labute approximate surface area is 236 Å². The summed E-state index contributed by atoms with van der Waals surface area (Å²) in [6, 6.07) is 0. The van der Waals surface area contributed by atoms with E-state index in [1.54, 1.807) is 0 Å². The lowest BCUT2D eigenvalue weighted by Gasteiger charge is -2.45. The fourth-order valence-corrected chi connectivity index (χ4v) is 7.33. The molecule has 0 bridgehead atoms. The van der Waals surface area contributed by atoms with Crippen molar-refractivity contribution in [1.29, 1.82) is 0 Å². The maximum absolute atomic E-state index is 13.0. The molecule has 0 aromatic heterocycles. The fraction of sp³-hybridized carbons (Fsp3) is 0.900. The first-order valence-electron chi connectivity index (χ1n) is 15.5. The topological polar surface area (TPSA) is 138 Å². The van der Waals surface area contributed by atoms with E-state index < -0.39 is 36.7 Å². The van der Waals surface area contributed by atoms with E-state index in [9.17, 15) is 24.6 Å². The van der Waals surface area contributed by atoms with Crippen molar-refractivity contribution in [3.05, 3.63) is 0 Å². The van der Waals surface area contributed by atoms with E-state index in [1.807, 2.05) is 0 Å². The van der Waals surface area contributed by atoms with Crippen LogP contribution >= 0.6 is 0 Å². The zero-order valence-corrected chi connectivity index (χ0v) is 23.6. The van der Waals surface area contributed by atoms with Crippen LogP contribution in [0.1, 0.15) is 96.8 Å². The Morgan fingerprint density at radius 3 is 2.20 bits per heavy atom. The van der Waals surface area contributed by atoms with Crippen LogP contribution in [0.2, 0.25) is 0 Å². The molecule has 9 atom stereocenters. The number of hydrogen-bond acceptors (Lipinski definition) is 10. The summed E-state index contributed by atoms with van der Waals surface area (Å²) >= 11 is 0. The van der Waals surface area contributed by atoms with Crippen molar-refractivity contribution in [2.24, 2.45) is 23.7 Å². The fourth-order valence-electron chi connectivity index (χ4n) is 7.33. The maximum Gasteiger partial charge on any atom is 0.309 e. The molecule has 2 aliphatic heterocycles. The molecule has 5 fully saturated rings. The first-order chi connectivity index (χ1) is 19.3. The molecule has 0 spiro atoms. The minimum Gasteiger partial charge on any atom is -0.463 e. The maximum atomic E-state index is 13.0. The van der Waals surface area contributed by atoms with Crippen molar-refractivity contribution in [1.82, 2.24) is 0 Å². The lowest BCUT2D eigenvalue weighted by atomic mass is 9.75. The average molecular weight is 567 g/mol. The van der Waals surface area contributed by atoms with Gasteiger partial charge < -0.3 is 33.9 Å². The molecule has 2 N–H and O–H groups in total. The van der Waals surface area contributed by atoms with Gasteiger partial charge in [0.15, 0.2) is 12.4 Å². The number of aliphatic hydroxyl groups excluding tert-OH is 2. The van der Waals surface area contributed by atoms with E-state index in [0.717, 1.165) is 70.6 Å². The van der Waals surface area contributed by atoms with Crippen LogP contribution in [0.3, 0.4) is 0 Å². The van der Waals surface area contributed by atoms with Gasteiger partial charge in [0.1, 0.15) is 31.0 Å². The van der Waals surface area contributed by atoms with E-state index in [0.29, 0.717) is 19.3 Å². The molecule has 2 saturated heterocycles. The smallest absolute Gasteiger partial charge is 0.309 e. The SMILES string of the molecule is CC1CC(=O)OC2CC(O[C@@H]3OC(COC(=O)C4CCCCC4)[C@H](O)[C@H](OC(=O)C4CCCCC4)[C@H]3O)CCC12. The second kappa shape index (κ2) is 13.5. The van der Waals surface area contributed by atoms with Crippen LogP contribution in [-0.2, 0) is 38.1 Å². The van der Waals surface area contributed by atoms with Crippen LogP contribution in [-0.4, -0.2) is 77.6 Å². The number of aliphatic hydroxyl groups is 2. The minimum absolute atomic E-state index is 0.164. The molecule has 5 aliphatic rings. The van der Waals surface area contributed by atoms with Gasteiger partial charge in [0.05, 0.1) is 17.9 Å². The highest BCUT2D eigenvalue weighted by molar-refractivity contribution is 5.73. The summed E-state index contributed by atoms with van der Waals surface area (Å²) in [7, 11) is 0. The summed E-state index contributed by atoms with van der Waals surface area (Å²) in [5, 5.41) is 22.4. The number of hydrogen-bond donors (Lipinski definition) is 2. The molecule has 0 radical (unpaired) electrons. The number of carbonyl (C=O) groups is 3. The molecule has 0 aromatic rings. The number of carbonyl (C=O) groups excluding carboxylic acids is 3. The van der Waals surface area contributed by atoms with E-state index in [-0.39, 0.29) is 54.4 Å². The van der Waals surface area contributed by atoms with Crippen LogP contribution in [0.4, 0.5) is 0 Å². The normalized spacial score (nSPS) is 39.6. The lowest BCUT2D eigenvalue weighted by molar-refractivity contribution is -0.318. The van der Waals surface area contributed by atoms with Crippen LogP contribution in [0.25, 0.3) is 0 Å². The second-order valence-electron chi connectivity index (χ2n) is 12.7. The predicted octanol–water partition coefficient (Wildman–Crippen LogP) is 3.19. The average Bonchev–Trinajstić information content (AvgIpc) is 2.96. The van der Waals surface area contributed by atoms with Crippen molar-refractivity contribution < 1.29 is 48.3 Å². The molecular weight excluding hydrogens is 520 g/mol. The largest absolute Gasteiger partial charge is 0.463 e. The van der Waals surface area contributed by atoms with Crippen molar-refractivity contribution in [3.8, 4) is 0 Å². The summed E-state index contributed by atoms with van der Waals surface area (Å²) in [4.78, 5) is 37.7. The number of fused-ring (bicyclic) bond motifs is 1. The Morgan fingerprint density at radius 1 is 0.875 bits per heavy atom. The van der Waals surface area contributed by atoms with E-state index in [4.69, 9.17) is 23.7 Å². The summed E-state index contributed by atoms with van der Waals surface area (Å²) in [6.45, 7) is 1.84. The van der Waals surface area contributed by atoms with Crippen molar-refractivity contribution in [2.75, 3.05) is 6.61 Å². The zero-order chi connectivity index (χ0) is 28.2. The molecule has 10 nitrogen and oxygen atoms in total. The van der Waals surface area contributed by atoms with E-state index >= 15 is 0 Å². The van der Waals surface area contributed by atoms with E-state index in [2.05, 4.69) is 6.92 Å². The van der Waals surface area contributed by atoms with Gasteiger partial charge in [-0.15, -0.1) is 0 Å². The monoisotopic (exact) mass is 566 g/mol. The van der Waals surface area contributed by atoms with Gasteiger partial charge in [-0.3, -0.25) is 14.4 Å². The Kier molecular flexibility index (Phi) is 10.0. The van der Waals surface area contributed by atoms with Crippen LogP contribution in [0, 0.1) is 23.7 Å². The van der Waals surface area contributed by atoms with Crippen LogP contribution in [0.5, 0.6) is 0 Å². The first-order valence-corrected chi connectivity index (χ1v) is 15.5. The molecule has 3 aliphatic carbocycles. The summed E-state index contributed by atoms with van der Waals surface area (Å²) in [6.07, 6.45) is 4.52. The summed E-state index contributed by atoms with van der Waals surface area (Å²) in [5.74, 6) is -0.884. The van der Waals surface area contributed by atoms with Crippen molar-refractivity contribution >= 4 is 17.9 Å². The molecule has 0 aromatic carbocycles. The molecule has 0 amide bonds. The Hall–Kier alpha value is -1.75. The Morgan fingerprint density at radius 2 is 1.52 bits per heavy atom. The zero-order valence-electron chi connectivity index (χ0n) is 23.6. The molecule has 40 heavy (non-hydrogen) atoms. The van der Waals surface area contributed by atoms with Gasteiger partial charge in [-0.2, -0.15) is 0 Å². The van der Waals surface area contributed by atoms with Gasteiger partial charge in [-0.05, 0) is 50.4 Å².